The third-order valence-corrected chi connectivity index (χ3v) is 3.00. The zero-order valence-electron chi connectivity index (χ0n) is 11.0. The summed E-state index contributed by atoms with van der Waals surface area (Å²) in [5, 5.41) is 0. The summed E-state index contributed by atoms with van der Waals surface area (Å²) in [4.78, 5) is 0. The molecule has 0 amide bonds. The fourth-order valence-corrected chi connectivity index (χ4v) is 1.83. The second-order valence-corrected chi connectivity index (χ2v) is 4.64. The molecule has 0 aromatic heterocycles. The van der Waals surface area contributed by atoms with E-state index in [1.165, 1.54) is 5.56 Å². The van der Waals surface area contributed by atoms with Crippen molar-refractivity contribution >= 4 is 5.69 Å². The molecule has 0 bridgehead atoms. The number of hydrogen-bond donors (Lipinski definition) is 1. The van der Waals surface area contributed by atoms with Gasteiger partial charge >= 0.3 is 0 Å². The largest absolute Gasteiger partial charge is 0.398 e. The van der Waals surface area contributed by atoms with E-state index >= 15 is 0 Å². The summed E-state index contributed by atoms with van der Waals surface area (Å²) in [6.07, 6.45) is 0. The van der Waals surface area contributed by atoms with Crippen LogP contribution in [-0.4, -0.2) is 0 Å². The average molecular weight is 235 g/mol. The summed E-state index contributed by atoms with van der Waals surface area (Å²) in [7, 11) is 0. The maximum Gasteiger partial charge on any atom is 0.0374 e. The van der Waals surface area contributed by atoms with Crippen LogP contribution < -0.4 is 5.73 Å². The number of anilines is 1. The van der Waals surface area contributed by atoms with Gasteiger partial charge in [-0.25, -0.2) is 0 Å². The van der Waals surface area contributed by atoms with E-state index in [2.05, 4.69) is 30.9 Å². The van der Waals surface area contributed by atoms with E-state index in [-0.39, 0.29) is 0 Å². The summed E-state index contributed by atoms with van der Waals surface area (Å²) in [5.41, 5.74) is 12.3. The minimum atomic E-state index is 0.857. The van der Waals surface area contributed by atoms with Gasteiger partial charge in [-0.1, -0.05) is 29.5 Å². The van der Waals surface area contributed by atoms with Crippen LogP contribution in [0.5, 0.6) is 0 Å². The van der Waals surface area contributed by atoms with E-state index in [0.717, 1.165) is 27.9 Å². The van der Waals surface area contributed by atoms with E-state index in [1.807, 2.05) is 38.1 Å². The maximum atomic E-state index is 5.93. The van der Waals surface area contributed by atoms with Crippen molar-refractivity contribution in [1.29, 1.82) is 0 Å². The third kappa shape index (κ3) is 2.73. The zero-order chi connectivity index (χ0) is 13.1. The van der Waals surface area contributed by atoms with Crippen molar-refractivity contribution in [2.45, 2.75) is 20.8 Å². The predicted octanol–water partition coefficient (Wildman–Crippen LogP) is 3.59. The Morgan fingerprint density at radius 1 is 0.778 bits per heavy atom. The molecule has 0 saturated heterocycles. The van der Waals surface area contributed by atoms with Gasteiger partial charge in [0, 0.05) is 16.8 Å². The highest BCUT2D eigenvalue weighted by atomic mass is 14.6. The summed E-state index contributed by atoms with van der Waals surface area (Å²) in [5.74, 6) is 6.35. The van der Waals surface area contributed by atoms with Crippen molar-refractivity contribution in [1.82, 2.24) is 0 Å². The number of benzene rings is 2. The molecule has 0 spiro atoms. The van der Waals surface area contributed by atoms with Crippen LogP contribution in [-0.2, 0) is 0 Å². The fraction of sp³-hybridized carbons (Fsp3) is 0.176. The first-order valence-electron chi connectivity index (χ1n) is 6.01. The lowest BCUT2D eigenvalue weighted by atomic mass is 10.0. The van der Waals surface area contributed by atoms with Crippen LogP contribution in [0.1, 0.15) is 27.8 Å². The highest BCUT2D eigenvalue weighted by Gasteiger charge is 1.99. The Bertz CT molecular complexity index is 602. The number of aryl methyl sites for hydroxylation is 3. The van der Waals surface area contributed by atoms with Crippen LogP contribution in [0.3, 0.4) is 0 Å². The summed E-state index contributed by atoms with van der Waals surface area (Å²) in [6, 6.07) is 12.3. The maximum absolute atomic E-state index is 5.93. The Morgan fingerprint density at radius 2 is 1.28 bits per heavy atom. The van der Waals surface area contributed by atoms with Gasteiger partial charge in [0.05, 0.1) is 0 Å². The van der Waals surface area contributed by atoms with Crippen LogP contribution in [0.25, 0.3) is 0 Å². The fourth-order valence-electron chi connectivity index (χ4n) is 1.83. The van der Waals surface area contributed by atoms with E-state index in [0.29, 0.717) is 0 Å². The lowest BCUT2D eigenvalue weighted by Crippen LogP contribution is -1.94. The van der Waals surface area contributed by atoms with Gasteiger partial charge in [-0.15, -0.1) is 0 Å². The van der Waals surface area contributed by atoms with E-state index in [9.17, 15) is 0 Å². The van der Waals surface area contributed by atoms with Gasteiger partial charge in [0.1, 0.15) is 0 Å². The van der Waals surface area contributed by atoms with Crippen molar-refractivity contribution in [2.24, 2.45) is 0 Å². The van der Waals surface area contributed by atoms with Crippen LogP contribution in [0.15, 0.2) is 36.4 Å². The Balaban J connectivity index is 2.33. The second-order valence-electron chi connectivity index (χ2n) is 4.64. The first-order chi connectivity index (χ1) is 8.56. The van der Waals surface area contributed by atoms with Gasteiger partial charge in [-0.2, -0.15) is 0 Å². The van der Waals surface area contributed by atoms with Gasteiger partial charge < -0.3 is 5.73 Å². The molecule has 2 aromatic carbocycles. The highest BCUT2D eigenvalue weighted by Crippen LogP contribution is 2.18. The molecule has 0 saturated carbocycles. The average Bonchev–Trinajstić information content (AvgIpc) is 2.35. The number of rotatable bonds is 0. The van der Waals surface area contributed by atoms with Gasteiger partial charge in [-0.05, 0) is 56.2 Å². The van der Waals surface area contributed by atoms with Gasteiger partial charge in [0.25, 0.3) is 0 Å². The molecule has 1 heteroatoms. The summed E-state index contributed by atoms with van der Waals surface area (Å²) >= 11 is 0. The summed E-state index contributed by atoms with van der Waals surface area (Å²) < 4.78 is 0. The Morgan fingerprint density at radius 3 is 1.83 bits per heavy atom. The molecule has 0 aliphatic heterocycles. The SMILES string of the molecule is Cc1ccc(C#Cc2cc(C)c(N)c(C)c2)cc1. The molecule has 2 rings (SSSR count). The van der Waals surface area contributed by atoms with Crippen LogP contribution in [0, 0.1) is 32.6 Å². The number of hydrogen-bond acceptors (Lipinski definition) is 1. The van der Waals surface area contributed by atoms with E-state index < -0.39 is 0 Å². The molecule has 0 atom stereocenters. The molecular weight excluding hydrogens is 218 g/mol. The molecule has 0 aliphatic carbocycles. The molecule has 18 heavy (non-hydrogen) atoms. The number of nitrogen functional groups attached to an aromatic ring is 1. The van der Waals surface area contributed by atoms with Crippen molar-refractivity contribution in [3.05, 3.63) is 64.2 Å². The lowest BCUT2D eigenvalue weighted by molar-refractivity contribution is 1.37. The van der Waals surface area contributed by atoms with Gasteiger partial charge in [0.2, 0.25) is 0 Å². The molecule has 2 aromatic rings. The normalized spacial score (nSPS) is 9.72. The first kappa shape index (κ1) is 12.3. The Kier molecular flexibility index (Phi) is 3.39. The van der Waals surface area contributed by atoms with E-state index in [1.54, 1.807) is 0 Å². The monoisotopic (exact) mass is 235 g/mol. The van der Waals surface area contributed by atoms with Crippen molar-refractivity contribution in [2.75, 3.05) is 5.73 Å². The molecular formula is C17H17N. The van der Waals surface area contributed by atoms with Crippen molar-refractivity contribution in [3.8, 4) is 11.8 Å². The van der Waals surface area contributed by atoms with Gasteiger partial charge in [0.15, 0.2) is 0 Å². The molecule has 0 fully saturated rings. The van der Waals surface area contributed by atoms with Crippen LogP contribution >= 0.6 is 0 Å². The predicted molar refractivity (Wildman–Crippen MR) is 77.5 cm³/mol. The van der Waals surface area contributed by atoms with Crippen LogP contribution in [0.2, 0.25) is 0 Å². The molecule has 1 nitrogen and oxygen atoms in total. The molecule has 90 valence electrons. The zero-order valence-corrected chi connectivity index (χ0v) is 11.0. The van der Waals surface area contributed by atoms with E-state index in [4.69, 9.17) is 5.73 Å². The minimum Gasteiger partial charge on any atom is -0.398 e. The molecule has 0 aliphatic rings. The standard InChI is InChI=1S/C17H17N/c1-12-4-6-15(7-5-12)8-9-16-10-13(2)17(18)14(3)11-16/h4-7,10-11H,18H2,1-3H3. The third-order valence-electron chi connectivity index (χ3n) is 3.00. The van der Waals surface area contributed by atoms with Crippen molar-refractivity contribution < 1.29 is 0 Å². The number of nitrogens with two attached hydrogens (primary N) is 1. The Labute approximate surface area is 109 Å². The summed E-state index contributed by atoms with van der Waals surface area (Å²) in [6.45, 7) is 6.10. The molecule has 0 radical (unpaired) electrons. The quantitative estimate of drug-likeness (QED) is 0.548. The Hall–Kier alpha value is -2.20. The molecule has 2 N–H and O–H groups in total. The second kappa shape index (κ2) is 4.98. The minimum absolute atomic E-state index is 0.857. The van der Waals surface area contributed by atoms with Gasteiger partial charge in [-0.3, -0.25) is 0 Å². The first-order valence-corrected chi connectivity index (χ1v) is 6.01. The lowest BCUT2D eigenvalue weighted by Gasteiger charge is -2.04. The van der Waals surface area contributed by atoms with Crippen LogP contribution in [0.4, 0.5) is 5.69 Å². The molecule has 0 unspecified atom stereocenters. The smallest absolute Gasteiger partial charge is 0.0374 e. The highest BCUT2D eigenvalue weighted by molar-refractivity contribution is 5.58. The molecule has 0 heterocycles. The topological polar surface area (TPSA) is 26.0 Å². The van der Waals surface area contributed by atoms with Crippen molar-refractivity contribution in [3.63, 3.8) is 0 Å².